The Labute approximate surface area is 162 Å². The molecule has 5 nitrogen and oxygen atoms in total. The lowest BCUT2D eigenvalue weighted by molar-refractivity contribution is 0.0948. The molecule has 0 saturated heterocycles. The summed E-state index contributed by atoms with van der Waals surface area (Å²) < 4.78 is 2.25. The maximum absolute atomic E-state index is 12.8. The van der Waals surface area contributed by atoms with Crippen LogP contribution in [0.3, 0.4) is 0 Å². The van der Waals surface area contributed by atoms with Gasteiger partial charge in [0.2, 0.25) is 0 Å². The molecule has 0 unspecified atom stereocenters. The predicted octanol–water partition coefficient (Wildman–Crippen LogP) is 3.20. The summed E-state index contributed by atoms with van der Waals surface area (Å²) in [6.07, 6.45) is 3.52. The molecule has 0 aliphatic heterocycles. The van der Waals surface area contributed by atoms with Gasteiger partial charge in [0.25, 0.3) is 11.5 Å². The number of aryl methyl sites for hydroxylation is 2. The van der Waals surface area contributed by atoms with Gasteiger partial charge in [0, 0.05) is 23.9 Å². The van der Waals surface area contributed by atoms with Crippen LogP contribution in [0.2, 0.25) is 0 Å². The molecule has 1 aromatic heterocycles. The first-order valence-corrected chi connectivity index (χ1v) is 9.54. The van der Waals surface area contributed by atoms with Crippen LogP contribution in [0.4, 0.5) is 0 Å². The minimum absolute atomic E-state index is 0.324. The van der Waals surface area contributed by atoms with Crippen LogP contribution in [0, 0.1) is 12.8 Å². The number of carbonyl (C=O) groups is 1. The van der Waals surface area contributed by atoms with Crippen molar-refractivity contribution >= 4 is 5.91 Å². The minimum Gasteiger partial charge on any atom is -0.300 e. The summed E-state index contributed by atoms with van der Waals surface area (Å²) >= 11 is 0. The van der Waals surface area contributed by atoms with Gasteiger partial charge in [-0.1, -0.05) is 48.5 Å². The molecule has 0 amide bonds. The van der Waals surface area contributed by atoms with E-state index in [1.807, 2.05) is 18.2 Å². The summed E-state index contributed by atoms with van der Waals surface area (Å²) in [6.45, 7) is 2.13. The van der Waals surface area contributed by atoms with Gasteiger partial charge in [-0.15, -0.1) is 0 Å². The molecule has 1 fully saturated rings. The van der Waals surface area contributed by atoms with E-state index in [9.17, 15) is 14.4 Å². The van der Waals surface area contributed by atoms with Crippen LogP contribution < -0.4 is 11.2 Å². The van der Waals surface area contributed by atoms with Crippen LogP contribution in [-0.4, -0.2) is 15.0 Å². The van der Waals surface area contributed by atoms with E-state index >= 15 is 0 Å². The third-order valence-electron chi connectivity index (χ3n) is 5.44. The molecule has 2 aromatic carbocycles. The molecule has 4 rings (SSSR count). The number of aromatic nitrogens is 2. The Bertz CT molecular complexity index is 1110. The molecule has 3 aromatic rings. The van der Waals surface area contributed by atoms with Gasteiger partial charge in [-0.25, -0.2) is 4.79 Å². The number of nitrogens with zero attached hydrogens (tertiary/aromatic N) is 2. The lowest BCUT2D eigenvalue weighted by Gasteiger charge is -2.11. The second kappa shape index (κ2) is 7.43. The maximum atomic E-state index is 12.8. The van der Waals surface area contributed by atoms with E-state index in [4.69, 9.17) is 0 Å². The highest BCUT2D eigenvalue weighted by Crippen LogP contribution is 2.49. The summed E-state index contributed by atoms with van der Waals surface area (Å²) in [7, 11) is 0. The van der Waals surface area contributed by atoms with Crippen molar-refractivity contribution < 1.29 is 4.79 Å². The second-order valence-corrected chi connectivity index (χ2v) is 7.40. The van der Waals surface area contributed by atoms with Crippen molar-refractivity contribution in [1.82, 2.24) is 9.13 Å². The number of rotatable bonds is 5. The van der Waals surface area contributed by atoms with E-state index in [-0.39, 0.29) is 0 Å². The average molecular weight is 374 g/mol. The zero-order chi connectivity index (χ0) is 19.7. The first-order valence-electron chi connectivity index (χ1n) is 9.54. The van der Waals surface area contributed by atoms with Crippen molar-refractivity contribution in [2.45, 2.75) is 32.2 Å². The zero-order valence-electron chi connectivity index (χ0n) is 15.7. The quantitative estimate of drug-likeness (QED) is 0.689. The number of benzene rings is 2. The van der Waals surface area contributed by atoms with E-state index in [1.54, 1.807) is 43.5 Å². The Morgan fingerprint density at radius 2 is 1.64 bits per heavy atom. The van der Waals surface area contributed by atoms with Crippen molar-refractivity contribution in [1.29, 1.82) is 0 Å². The van der Waals surface area contributed by atoms with Crippen molar-refractivity contribution in [2.75, 3.05) is 0 Å². The fourth-order valence-corrected chi connectivity index (χ4v) is 3.77. The molecule has 28 heavy (non-hydrogen) atoms. The van der Waals surface area contributed by atoms with Crippen LogP contribution in [-0.2, 0) is 6.54 Å². The summed E-state index contributed by atoms with van der Waals surface area (Å²) in [6, 6.07) is 18.8. The van der Waals surface area contributed by atoms with Gasteiger partial charge in [0.15, 0.2) is 0 Å². The Balaban J connectivity index is 1.56. The van der Waals surface area contributed by atoms with Crippen LogP contribution in [0.25, 0.3) is 0 Å². The maximum Gasteiger partial charge on any atom is 0.338 e. The van der Waals surface area contributed by atoms with Crippen LogP contribution in [0.15, 0.2) is 76.4 Å². The van der Waals surface area contributed by atoms with Crippen molar-refractivity contribution in [3.8, 4) is 0 Å². The largest absolute Gasteiger partial charge is 0.338 e. The van der Waals surface area contributed by atoms with Gasteiger partial charge in [-0.05, 0) is 49.3 Å². The van der Waals surface area contributed by atoms with E-state index in [2.05, 4.69) is 12.1 Å². The molecule has 0 spiro atoms. The monoisotopic (exact) mass is 374 g/mol. The van der Waals surface area contributed by atoms with Gasteiger partial charge < -0.3 is 0 Å². The number of hydrogen-bond donors (Lipinski definition) is 0. The summed E-state index contributed by atoms with van der Waals surface area (Å²) in [5, 5.41) is 0. The summed E-state index contributed by atoms with van der Waals surface area (Å²) in [5.41, 5.74) is 0.926. The minimum atomic E-state index is -0.582. The smallest absolute Gasteiger partial charge is 0.300 e. The Morgan fingerprint density at radius 3 is 2.32 bits per heavy atom. The highest BCUT2D eigenvalue weighted by molar-refractivity contribution is 5.95. The van der Waals surface area contributed by atoms with E-state index in [1.165, 1.54) is 10.1 Å². The zero-order valence-corrected chi connectivity index (χ0v) is 15.7. The molecule has 142 valence electrons. The van der Waals surface area contributed by atoms with Crippen molar-refractivity contribution in [3.63, 3.8) is 0 Å². The first kappa shape index (κ1) is 18.2. The topological polar surface area (TPSA) is 61.1 Å². The molecular weight excluding hydrogens is 352 g/mol. The molecule has 1 aliphatic rings. The van der Waals surface area contributed by atoms with Crippen LogP contribution in [0.5, 0.6) is 0 Å². The van der Waals surface area contributed by atoms with Gasteiger partial charge in [-0.3, -0.25) is 14.2 Å². The molecule has 0 N–H and O–H groups in total. The molecular formula is C23H22N2O3. The third kappa shape index (κ3) is 3.48. The molecule has 0 radical (unpaired) electrons. The second-order valence-electron chi connectivity index (χ2n) is 7.40. The molecule has 1 aliphatic carbocycles. The average Bonchev–Trinajstić information content (AvgIpc) is 3.51. The van der Waals surface area contributed by atoms with Crippen LogP contribution in [0.1, 0.15) is 40.2 Å². The van der Waals surface area contributed by atoms with Gasteiger partial charge in [-0.2, -0.15) is 4.57 Å². The molecule has 1 heterocycles. The van der Waals surface area contributed by atoms with Crippen molar-refractivity contribution in [2.24, 2.45) is 5.92 Å². The molecule has 1 saturated carbocycles. The van der Waals surface area contributed by atoms with Crippen LogP contribution >= 0.6 is 0 Å². The SMILES string of the molecule is Cc1cn(CC[C@H]2C[C@H]2c2ccccc2)c(=O)n(C(=O)c2ccccc2)c1=O. The van der Waals surface area contributed by atoms with Crippen molar-refractivity contribution in [3.05, 3.63) is 104 Å². The van der Waals surface area contributed by atoms with E-state index < -0.39 is 17.2 Å². The molecule has 5 heteroatoms. The number of hydrogen-bond acceptors (Lipinski definition) is 3. The Morgan fingerprint density at radius 1 is 1.00 bits per heavy atom. The fourth-order valence-electron chi connectivity index (χ4n) is 3.77. The fraction of sp³-hybridized carbons (Fsp3) is 0.261. The van der Waals surface area contributed by atoms with E-state index in [0.717, 1.165) is 17.4 Å². The highest BCUT2D eigenvalue weighted by Gasteiger charge is 2.37. The Kier molecular flexibility index (Phi) is 4.82. The number of carbonyl (C=O) groups excluding carboxylic acids is 1. The normalized spacial score (nSPS) is 18.0. The predicted molar refractivity (Wildman–Crippen MR) is 108 cm³/mol. The van der Waals surface area contributed by atoms with Gasteiger partial charge >= 0.3 is 5.69 Å². The molecule has 2 atom stereocenters. The summed E-state index contributed by atoms with van der Waals surface area (Å²) in [4.78, 5) is 38.0. The molecule has 0 bridgehead atoms. The summed E-state index contributed by atoms with van der Waals surface area (Å²) in [5.74, 6) is 0.483. The standard InChI is InChI=1S/C23H22N2O3/c1-16-15-24(13-12-19-14-20(19)17-8-4-2-5-9-17)23(28)25(21(16)26)22(27)18-10-6-3-7-11-18/h2-11,15,19-20H,12-14H2,1H3/t19-,20-/m0/s1. The first-order chi connectivity index (χ1) is 13.6. The van der Waals surface area contributed by atoms with Gasteiger partial charge in [0.1, 0.15) is 0 Å². The van der Waals surface area contributed by atoms with E-state index in [0.29, 0.717) is 29.5 Å². The lowest BCUT2D eigenvalue weighted by atomic mass is 10.1. The highest BCUT2D eigenvalue weighted by atomic mass is 16.2. The lowest BCUT2D eigenvalue weighted by Crippen LogP contribution is -2.44. The Hall–Kier alpha value is -3.21. The van der Waals surface area contributed by atoms with Gasteiger partial charge in [0.05, 0.1) is 0 Å². The third-order valence-corrected chi connectivity index (χ3v) is 5.44.